The summed E-state index contributed by atoms with van der Waals surface area (Å²) in [7, 11) is 0. The Labute approximate surface area is 104 Å². The maximum atomic E-state index is 4.54. The van der Waals surface area contributed by atoms with Crippen LogP contribution in [-0.2, 0) is 6.42 Å². The zero-order valence-corrected chi connectivity index (χ0v) is 10.8. The maximum absolute atomic E-state index is 4.54. The molecule has 0 spiro atoms. The Balaban J connectivity index is 2.30. The van der Waals surface area contributed by atoms with Crippen molar-refractivity contribution in [2.24, 2.45) is 0 Å². The third-order valence-corrected chi connectivity index (χ3v) is 3.17. The molecule has 0 aliphatic heterocycles. The molecule has 0 N–H and O–H groups in total. The van der Waals surface area contributed by atoms with Gasteiger partial charge >= 0.3 is 0 Å². The van der Waals surface area contributed by atoms with E-state index in [0.717, 1.165) is 12.1 Å². The van der Waals surface area contributed by atoms with Crippen molar-refractivity contribution in [2.75, 3.05) is 0 Å². The Hall–Kier alpha value is -1.63. The lowest BCUT2D eigenvalue weighted by molar-refractivity contribution is 0.914. The van der Waals surface area contributed by atoms with E-state index in [0.29, 0.717) is 0 Å². The third kappa shape index (κ3) is 2.73. The van der Waals surface area contributed by atoms with Gasteiger partial charge in [-0.3, -0.25) is 4.98 Å². The van der Waals surface area contributed by atoms with Gasteiger partial charge in [0, 0.05) is 11.8 Å². The average Bonchev–Trinajstić information content (AvgIpc) is 2.34. The largest absolute Gasteiger partial charge is 0.256 e. The molecule has 1 heteroatoms. The summed E-state index contributed by atoms with van der Waals surface area (Å²) in [6.45, 7) is 6.47. The Morgan fingerprint density at radius 3 is 2.41 bits per heavy atom. The van der Waals surface area contributed by atoms with Crippen molar-refractivity contribution in [3.63, 3.8) is 0 Å². The molecule has 1 heterocycles. The predicted molar refractivity (Wildman–Crippen MR) is 73.1 cm³/mol. The van der Waals surface area contributed by atoms with E-state index < -0.39 is 0 Å². The van der Waals surface area contributed by atoms with Crippen LogP contribution < -0.4 is 0 Å². The fourth-order valence-electron chi connectivity index (χ4n) is 1.93. The van der Waals surface area contributed by atoms with Crippen LogP contribution in [0.5, 0.6) is 0 Å². The molecule has 0 radical (unpaired) electrons. The minimum absolute atomic E-state index is 1.06. The number of aryl methyl sites for hydroxylation is 3. The van der Waals surface area contributed by atoms with Gasteiger partial charge in [-0.1, -0.05) is 31.5 Å². The molecule has 0 aliphatic rings. The van der Waals surface area contributed by atoms with Gasteiger partial charge in [0.2, 0.25) is 0 Å². The van der Waals surface area contributed by atoms with Gasteiger partial charge in [0.1, 0.15) is 0 Å². The first-order valence-electron chi connectivity index (χ1n) is 6.23. The number of nitrogens with zero attached hydrogens (tertiary/aromatic N) is 1. The zero-order valence-electron chi connectivity index (χ0n) is 10.8. The van der Waals surface area contributed by atoms with Crippen LogP contribution in [0.1, 0.15) is 30.0 Å². The molecule has 0 saturated heterocycles. The quantitative estimate of drug-likeness (QED) is 0.758. The Kier molecular flexibility index (Phi) is 3.58. The molecule has 0 saturated carbocycles. The van der Waals surface area contributed by atoms with Crippen LogP contribution in [0.15, 0.2) is 36.5 Å². The maximum Gasteiger partial charge on any atom is 0.0702 e. The zero-order chi connectivity index (χ0) is 12.3. The molecule has 2 aromatic rings. The highest BCUT2D eigenvalue weighted by Crippen LogP contribution is 2.20. The number of hydrogen-bond acceptors (Lipinski definition) is 1. The van der Waals surface area contributed by atoms with Gasteiger partial charge in [0.15, 0.2) is 0 Å². The third-order valence-electron chi connectivity index (χ3n) is 3.17. The van der Waals surface area contributed by atoms with Crippen LogP contribution in [0.4, 0.5) is 0 Å². The van der Waals surface area contributed by atoms with E-state index >= 15 is 0 Å². The SMILES string of the molecule is CCCc1ccc(-c2ccc(C)c(C)c2)nc1. The first-order chi connectivity index (χ1) is 8.20. The lowest BCUT2D eigenvalue weighted by Gasteiger charge is -2.05. The van der Waals surface area contributed by atoms with Gasteiger partial charge in [-0.05, 0) is 49.1 Å². The molecular formula is C16H19N. The number of pyridine rings is 1. The minimum atomic E-state index is 1.06. The highest BCUT2D eigenvalue weighted by Gasteiger charge is 2.01. The molecule has 0 atom stereocenters. The summed E-state index contributed by atoms with van der Waals surface area (Å²) in [5, 5.41) is 0. The van der Waals surface area contributed by atoms with Gasteiger partial charge < -0.3 is 0 Å². The topological polar surface area (TPSA) is 12.9 Å². The second kappa shape index (κ2) is 5.13. The van der Waals surface area contributed by atoms with Gasteiger partial charge in [0.05, 0.1) is 5.69 Å². The smallest absolute Gasteiger partial charge is 0.0702 e. The highest BCUT2D eigenvalue weighted by atomic mass is 14.7. The van der Waals surface area contributed by atoms with E-state index in [1.54, 1.807) is 0 Å². The molecule has 1 aromatic carbocycles. The number of benzene rings is 1. The summed E-state index contributed by atoms with van der Waals surface area (Å²) in [5.41, 5.74) is 6.24. The van der Waals surface area contributed by atoms with Crippen LogP contribution in [0, 0.1) is 13.8 Å². The van der Waals surface area contributed by atoms with Crippen molar-refractivity contribution in [3.05, 3.63) is 53.2 Å². The van der Waals surface area contributed by atoms with Crippen LogP contribution >= 0.6 is 0 Å². The minimum Gasteiger partial charge on any atom is -0.256 e. The second-order valence-corrected chi connectivity index (χ2v) is 4.60. The van der Waals surface area contributed by atoms with E-state index in [1.165, 1.54) is 28.7 Å². The van der Waals surface area contributed by atoms with Crippen LogP contribution in [-0.4, -0.2) is 4.98 Å². The Morgan fingerprint density at radius 1 is 1.00 bits per heavy atom. The van der Waals surface area contributed by atoms with Gasteiger partial charge in [-0.2, -0.15) is 0 Å². The summed E-state index contributed by atoms with van der Waals surface area (Å²) >= 11 is 0. The summed E-state index contributed by atoms with van der Waals surface area (Å²) in [6.07, 6.45) is 4.28. The van der Waals surface area contributed by atoms with E-state index in [2.05, 4.69) is 56.1 Å². The van der Waals surface area contributed by atoms with Gasteiger partial charge in [-0.15, -0.1) is 0 Å². The molecule has 0 aliphatic carbocycles. The Morgan fingerprint density at radius 2 is 1.82 bits per heavy atom. The van der Waals surface area contributed by atoms with E-state index in [4.69, 9.17) is 0 Å². The summed E-state index contributed by atoms with van der Waals surface area (Å²) in [6, 6.07) is 10.8. The highest BCUT2D eigenvalue weighted by molar-refractivity contribution is 5.60. The van der Waals surface area contributed by atoms with Crippen molar-refractivity contribution in [3.8, 4) is 11.3 Å². The molecule has 1 nitrogen and oxygen atoms in total. The predicted octanol–water partition coefficient (Wildman–Crippen LogP) is 4.32. The molecule has 1 aromatic heterocycles. The summed E-state index contributed by atoms with van der Waals surface area (Å²) in [4.78, 5) is 4.54. The molecule has 88 valence electrons. The summed E-state index contributed by atoms with van der Waals surface area (Å²) in [5.74, 6) is 0. The average molecular weight is 225 g/mol. The lowest BCUT2D eigenvalue weighted by atomic mass is 10.0. The Bertz CT molecular complexity index is 497. The first-order valence-corrected chi connectivity index (χ1v) is 6.23. The first kappa shape index (κ1) is 11.8. The molecular weight excluding hydrogens is 206 g/mol. The lowest BCUT2D eigenvalue weighted by Crippen LogP contribution is -1.89. The fourth-order valence-corrected chi connectivity index (χ4v) is 1.93. The fraction of sp³-hybridized carbons (Fsp3) is 0.312. The number of hydrogen-bond donors (Lipinski definition) is 0. The van der Waals surface area contributed by atoms with Crippen molar-refractivity contribution >= 4 is 0 Å². The van der Waals surface area contributed by atoms with Gasteiger partial charge in [-0.25, -0.2) is 0 Å². The van der Waals surface area contributed by atoms with E-state index in [1.807, 2.05) is 6.20 Å². The van der Waals surface area contributed by atoms with Crippen molar-refractivity contribution in [2.45, 2.75) is 33.6 Å². The molecule has 0 bridgehead atoms. The molecule has 17 heavy (non-hydrogen) atoms. The monoisotopic (exact) mass is 225 g/mol. The van der Waals surface area contributed by atoms with E-state index in [9.17, 15) is 0 Å². The molecule has 0 fully saturated rings. The summed E-state index contributed by atoms with van der Waals surface area (Å²) < 4.78 is 0. The van der Waals surface area contributed by atoms with Crippen LogP contribution in [0.25, 0.3) is 11.3 Å². The number of rotatable bonds is 3. The molecule has 0 amide bonds. The van der Waals surface area contributed by atoms with E-state index in [-0.39, 0.29) is 0 Å². The molecule has 0 unspecified atom stereocenters. The standard InChI is InChI=1S/C16H19N/c1-4-5-14-7-9-16(17-11-14)15-8-6-12(2)13(3)10-15/h6-11H,4-5H2,1-3H3. The van der Waals surface area contributed by atoms with Crippen LogP contribution in [0.3, 0.4) is 0 Å². The van der Waals surface area contributed by atoms with Crippen molar-refractivity contribution in [1.82, 2.24) is 4.98 Å². The van der Waals surface area contributed by atoms with Crippen molar-refractivity contribution < 1.29 is 0 Å². The normalized spacial score (nSPS) is 10.5. The molecule has 2 rings (SSSR count). The van der Waals surface area contributed by atoms with Gasteiger partial charge in [0.25, 0.3) is 0 Å². The van der Waals surface area contributed by atoms with Crippen molar-refractivity contribution in [1.29, 1.82) is 0 Å². The second-order valence-electron chi connectivity index (χ2n) is 4.60. The number of aromatic nitrogens is 1. The van der Waals surface area contributed by atoms with Crippen LogP contribution in [0.2, 0.25) is 0 Å².